The zero-order chi connectivity index (χ0) is 17.8. The monoisotopic (exact) mass is 407 g/mol. The predicted octanol–water partition coefficient (Wildman–Crippen LogP) is 4.55. The van der Waals surface area contributed by atoms with Gasteiger partial charge >= 0.3 is 7.60 Å². The van der Waals surface area contributed by atoms with E-state index in [9.17, 15) is 9.67 Å². The van der Waals surface area contributed by atoms with Crippen LogP contribution in [0.25, 0.3) is 0 Å². The second kappa shape index (κ2) is 8.63. The molecule has 1 N–H and O–H groups in total. The van der Waals surface area contributed by atoms with E-state index in [0.717, 1.165) is 5.69 Å². The molecule has 5 nitrogen and oxygen atoms in total. The quantitative estimate of drug-likeness (QED) is 0.505. The fourth-order valence-electron chi connectivity index (χ4n) is 2.03. The molecule has 7 heteroatoms. The van der Waals surface area contributed by atoms with Crippen LogP contribution in [0.2, 0.25) is 0 Å². The lowest BCUT2D eigenvalue weighted by Gasteiger charge is -2.29. The Hall–Kier alpha value is -0.390. The molecule has 0 radical (unpaired) electrons. The Balaban J connectivity index is 3.02. The van der Waals surface area contributed by atoms with Crippen LogP contribution in [0.15, 0.2) is 24.3 Å². The number of hydrogen-bond acceptors (Lipinski definition) is 5. The molecule has 0 amide bonds. The van der Waals surface area contributed by atoms with E-state index in [2.05, 4.69) is 15.9 Å². The summed E-state index contributed by atoms with van der Waals surface area (Å²) < 4.78 is 23.3. The fourth-order valence-corrected chi connectivity index (χ4v) is 4.89. The lowest BCUT2D eigenvalue weighted by atomic mass is 10.1. The van der Waals surface area contributed by atoms with Crippen LogP contribution in [0.1, 0.15) is 39.4 Å². The van der Waals surface area contributed by atoms with Gasteiger partial charge in [0, 0.05) is 19.8 Å². The first-order chi connectivity index (χ1) is 10.6. The van der Waals surface area contributed by atoms with Gasteiger partial charge in [-0.25, -0.2) is 0 Å². The second-order valence-electron chi connectivity index (χ2n) is 6.15. The van der Waals surface area contributed by atoms with E-state index >= 15 is 0 Å². The van der Waals surface area contributed by atoms with Crippen molar-refractivity contribution in [1.82, 2.24) is 0 Å². The fraction of sp³-hybridized carbons (Fsp3) is 0.625. The van der Waals surface area contributed by atoms with E-state index < -0.39 is 18.3 Å². The van der Waals surface area contributed by atoms with Crippen LogP contribution in [0.5, 0.6) is 0 Å². The average molecular weight is 408 g/mol. The molecular formula is C16H27BrNO4P. The molecule has 23 heavy (non-hydrogen) atoms. The zero-order valence-corrected chi connectivity index (χ0v) is 17.0. The largest absolute Gasteiger partial charge is 0.387 e. The summed E-state index contributed by atoms with van der Waals surface area (Å²) in [5, 5.41) is 10.6. The Kier molecular flexibility index (Phi) is 7.75. The van der Waals surface area contributed by atoms with Crippen molar-refractivity contribution in [3.63, 3.8) is 0 Å². The molecule has 0 bridgehead atoms. The van der Waals surface area contributed by atoms with Gasteiger partial charge in [0.2, 0.25) is 0 Å². The lowest BCUT2D eigenvalue weighted by molar-refractivity contribution is 0.122. The molecule has 1 aromatic rings. The molecule has 132 valence electrons. The third-order valence-corrected chi connectivity index (χ3v) is 7.35. The molecule has 0 unspecified atom stereocenters. The van der Waals surface area contributed by atoms with Crippen molar-refractivity contribution in [2.24, 2.45) is 0 Å². The van der Waals surface area contributed by atoms with Crippen molar-refractivity contribution in [2.45, 2.75) is 50.6 Å². The van der Waals surface area contributed by atoms with E-state index in [4.69, 9.17) is 9.05 Å². The standard InChI is InChI=1S/C16H27BrNO4P/c1-11(2)21-23(20,22-12(3)4)16(17)15(19)13-7-9-14(10-8-13)18(5)6/h7-12,15-16,19H,1-6H3/t15-,16-/m1/s1. The van der Waals surface area contributed by atoms with Crippen LogP contribution < -0.4 is 4.90 Å². The van der Waals surface area contributed by atoms with Crippen LogP contribution in [0.3, 0.4) is 0 Å². The molecule has 2 atom stereocenters. The topological polar surface area (TPSA) is 59.0 Å². The summed E-state index contributed by atoms with van der Waals surface area (Å²) in [4.78, 5) is 1.97. The van der Waals surface area contributed by atoms with Crippen molar-refractivity contribution in [3.8, 4) is 0 Å². The number of benzene rings is 1. The van der Waals surface area contributed by atoms with E-state index in [1.54, 1.807) is 27.7 Å². The predicted molar refractivity (Wildman–Crippen MR) is 98.5 cm³/mol. The molecular weight excluding hydrogens is 381 g/mol. The highest BCUT2D eigenvalue weighted by molar-refractivity contribution is 9.10. The van der Waals surface area contributed by atoms with Gasteiger partial charge in [-0.15, -0.1) is 0 Å². The molecule has 1 rings (SSSR count). The zero-order valence-electron chi connectivity index (χ0n) is 14.6. The first-order valence-electron chi connectivity index (χ1n) is 7.62. The van der Waals surface area contributed by atoms with Crippen LogP contribution in [-0.4, -0.2) is 36.0 Å². The number of rotatable bonds is 8. The third-order valence-electron chi connectivity index (χ3n) is 3.03. The smallest absolute Gasteiger partial charge is 0.347 e. The van der Waals surface area contributed by atoms with E-state index in [-0.39, 0.29) is 12.2 Å². The molecule has 0 spiro atoms. The minimum Gasteiger partial charge on any atom is -0.387 e. The Morgan fingerprint density at radius 2 is 1.48 bits per heavy atom. The Bertz CT molecular complexity index is 519. The summed E-state index contributed by atoms with van der Waals surface area (Å²) in [6.45, 7) is 7.14. The van der Waals surface area contributed by atoms with Gasteiger partial charge in [0.05, 0.1) is 12.2 Å². The molecule has 1 aromatic carbocycles. The average Bonchev–Trinajstić information content (AvgIpc) is 2.44. The summed E-state index contributed by atoms with van der Waals surface area (Å²) in [6, 6.07) is 7.41. The van der Waals surface area contributed by atoms with E-state index in [1.807, 2.05) is 43.3 Å². The highest BCUT2D eigenvalue weighted by Gasteiger charge is 2.41. The molecule has 0 saturated heterocycles. The summed E-state index contributed by atoms with van der Waals surface area (Å²) in [5.41, 5.74) is 1.67. The van der Waals surface area contributed by atoms with Crippen molar-refractivity contribution in [3.05, 3.63) is 29.8 Å². The normalized spacial score (nSPS) is 15.0. The Morgan fingerprint density at radius 3 is 1.83 bits per heavy atom. The van der Waals surface area contributed by atoms with Crippen LogP contribution >= 0.6 is 23.5 Å². The van der Waals surface area contributed by atoms with E-state index in [1.165, 1.54) is 0 Å². The Morgan fingerprint density at radius 1 is 1.04 bits per heavy atom. The molecule has 0 aromatic heterocycles. The van der Waals surface area contributed by atoms with Gasteiger partial charge in [0.25, 0.3) is 0 Å². The molecule has 0 aliphatic carbocycles. The highest BCUT2D eigenvalue weighted by Crippen LogP contribution is 2.60. The van der Waals surface area contributed by atoms with Gasteiger partial charge in [-0.2, -0.15) is 0 Å². The van der Waals surface area contributed by atoms with Gasteiger partial charge in [-0.05, 0) is 45.4 Å². The Labute approximate surface area is 147 Å². The van der Waals surface area contributed by atoms with Gasteiger partial charge in [-0.3, -0.25) is 4.57 Å². The summed E-state index contributed by atoms with van der Waals surface area (Å²) in [5.74, 6) is 0. The number of aliphatic hydroxyl groups excluding tert-OH is 1. The maximum atomic E-state index is 13.1. The van der Waals surface area contributed by atoms with Crippen molar-refractivity contribution in [1.29, 1.82) is 0 Å². The van der Waals surface area contributed by atoms with Gasteiger partial charge in [0.15, 0.2) is 0 Å². The van der Waals surface area contributed by atoms with Crippen molar-refractivity contribution >= 4 is 29.2 Å². The maximum absolute atomic E-state index is 13.1. The minimum atomic E-state index is -3.52. The molecule has 0 aliphatic heterocycles. The number of alkyl halides is 1. The van der Waals surface area contributed by atoms with Gasteiger partial charge in [0.1, 0.15) is 10.7 Å². The third kappa shape index (κ3) is 5.87. The van der Waals surface area contributed by atoms with Crippen LogP contribution in [0, 0.1) is 0 Å². The highest BCUT2D eigenvalue weighted by atomic mass is 79.9. The second-order valence-corrected chi connectivity index (χ2v) is 9.90. The maximum Gasteiger partial charge on any atom is 0.347 e. The number of aliphatic hydroxyl groups is 1. The molecule has 0 fully saturated rings. The number of halogens is 1. The summed E-state index contributed by atoms with van der Waals surface area (Å²) in [6.07, 6.45) is -1.56. The van der Waals surface area contributed by atoms with Crippen LogP contribution in [0.4, 0.5) is 5.69 Å². The minimum absolute atomic E-state index is 0.275. The lowest BCUT2D eigenvalue weighted by Crippen LogP contribution is -2.20. The molecule has 0 saturated carbocycles. The molecule has 0 aliphatic rings. The number of anilines is 1. The van der Waals surface area contributed by atoms with Crippen molar-refractivity contribution < 1.29 is 18.7 Å². The van der Waals surface area contributed by atoms with Crippen molar-refractivity contribution in [2.75, 3.05) is 19.0 Å². The first-order valence-corrected chi connectivity index (χ1v) is 10.2. The number of nitrogens with zero attached hydrogens (tertiary/aromatic N) is 1. The SMILES string of the molecule is CC(C)OP(=O)(OC(C)C)[C@@H](Br)[C@H](O)c1ccc(N(C)C)cc1. The van der Waals surface area contributed by atoms with Crippen LogP contribution in [-0.2, 0) is 13.6 Å². The molecule has 0 heterocycles. The first kappa shape index (κ1) is 20.7. The van der Waals surface area contributed by atoms with Gasteiger partial charge in [-0.1, -0.05) is 28.1 Å². The van der Waals surface area contributed by atoms with Gasteiger partial charge < -0.3 is 19.1 Å². The number of hydrogen-bond donors (Lipinski definition) is 1. The van der Waals surface area contributed by atoms with E-state index in [0.29, 0.717) is 5.56 Å². The summed E-state index contributed by atoms with van der Waals surface area (Å²) in [7, 11) is 0.370. The summed E-state index contributed by atoms with van der Waals surface area (Å²) >= 11 is 3.33.